The zero-order valence-electron chi connectivity index (χ0n) is 46.2. The van der Waals surface area contributed by atoms with E-state index in [2.05, 4.69) is 129 Å². The summed E-state index contributed by atoms with van der Waals surface area (Å²) in [4.78, 5) is 13.2. The van der Waals surface area contributed by atoms with Crippen LogP contribution in [0.4, 0.5) is 0 Å². The topological polar surface area (TPSA) is 228 Å². The lowest BCUT2D eigenvalue weighted by molar-refractivity contribution is -0.359. The van der Waals surface area contributed by atoms with Gasteiger partial charge in [-0.2, -0.15) is 0 Å². The van der Waals surface area contributed by atoms with E-state index in [1.165, 1.54) is 32.1 Å². The maximum Gasteiger partial charge on any atom is 0.220 e. The molecular weight excluding hydrogens is 967 g/mol. The third-order valence-corrected chi connectivity index (χ3v) is 13.1. The molecule has 0 aliphatic carbocycles. The molecule has 2 heterocycles. The van der Waals surface area contributed by atoms with Gasteiger partial charge in [-0.05, 0) is 96.3 Å². The molecule has 0 bridgehead atoms. The minimum atomic E-state index is -1.80. The quantitative estimate of drug-likeness (QED) is 0.0205. The van der Waals surface area contributed by atoms with E-state index in [4.69, 9.17) is 18.9 Å². The van der Waals surface area contributed by atoms with Crippen LogP contribution in [0.5, 0.6) is 0 Å². The number of allylic oxidation sites excluding steroid dienone is 19. The lowest BCUT2D eigenvalue weighted by atomic mass is 9.97. The molecule has 2 rings (SSSR count). The van der Waals surface area contributed by atoms with Crippen LogP contribution in [0, 0.1) is 0 Å². The molecule has 2 fully saturated rings. The third kappa shape index (κ3) is 31.7. The minimum Gasteiger partial charge on any atom is -0.394 e. The number of ether oxygens (including phenoxy) is 4. The maximum atomic E-state index is 13.2. The predicted molar refractivity (Wildman–Crippen MR) is 304 cm³/mol. The van der Waals surface area contributed by atoms with Crippen LogP contribution in [0.3, 0.4) is 0 Å². The molecule has 14 heteroatoms. The van der Waals surface area contributed by atoms with Crippen LogP contribution in [-0.4, -0.2) is 140 Å². The van der Waals surface area contributed by atoms with Crippen molar-refractivity contribution in [2.24, 2.45) is 0 Å². The Hall–Kier alpha value is -3.61. The number of amides is 1. The van der Waals surface area contributed by atoms with E-state index in [9.17, 15) is 45.6 Å². The number of unbranched alkanes of at least 4 members (excludes halogenated alkanes) is 12. The summed E-state index contributed by atoms with van der Waals surface area (Å²) in [6.07, 6.45) is 49.6. The molecular formula is C62H101NO13. The molecule has 2 saturated heterocycles. The molecule has 0 saturated carbocycles. The number of hydrogen-bond acceptors (Lipinski definition) is 13. The van der Waals surface area contributed by atoms with Crippen LogP contribution >= 0.6 is 0 Å². The first-order chi connectivity index (χ1) is 37.1. The van der Waals surface area contributed by atoms with Gasteiger partial charge in [0.15, 0.2) is 12.6 Å². The molecule has 2 aliphatic rings. The van der Waals surface area contributed by atoms with Gasteiger partial charge in [-0.3, -0.25) is 4.79 Å². The monoisotopic (exact) mass is 1070 g/mol. The van der Waals surface area contributed by atoms with Crippen LogP contribution < -0.4 is 5.32 Å². The summed E-state index contributed by atoms with van der Waals surface area (Å²) in [7, 11) is 0. The van der Waals surface area contributed by atoms with Gasteiger partial charge in [-0.1, -0.05) is 187 Å². The normalized spacial score (nSPS) is 25.8. The van der Waals surface area contributed by atoms with Crippen LogP contribution in [-0.2, 0) is 23.7 Å². The zero-order valence-corrected chi connectivity index (χ0v) is 46.2. The molecule has 9 N–H and O–H groups in total. The highest BCUT2D eigenvalue weighted by Crippen LogP contribution is 2.30. The summed E-state index contributed by atoms with van der Waals surface area (Å²) < 4.78 is 22.7. The van der Waals surface area contributed by atoms with E-state index >= 15 is 0 Å². The molecule has 12 unspecified atom stereocenters. The van der Waals surface area contributed by atoms with Gasteiger partial charge in [-0.25, -0.2) is 0 Å². The molecule has 0 radical (unpaired) electrons. The van der Waals surface area contributed by atoms with Crippen molar-refractivity contribution in [1.82, 2.24) is 5.32 Å². The summed E-state index contributed by atoms with van der Waals surface area (Å²) in [5, 5.41) is 86.8. The molecule has 0 aromatic carbocycles. The van der Waals surface area contributed by atoms with Gasteiger partial charge in [0.2, 0.25) is 5.91 Å². The van der Waals surface area contributed by atoms with E-state index in [1.54, 1.807) is 6.08 Å². The fourth-order valence-electron chi connectivity index (χ4n) is 8.50. The SMILES string of the molecule is CC/C=C\C/C=C\C/C=C\C/C=C\C/C=C\C/C=C\C/C=C\C/C=C\CCCCCCCCC(=O)NC(COC1OC(CO)C(OC2OC(CO)C(O)C(O)C2O)C(O)C1O)C(O)/C=C/CC/C=C/CCCCCCC. The second-order valence-electron chi connectivity index (χ2n) is 19.7. The number of carbonyl (C=O) groups excluding carboxylic acids is 1. The fourth-order valence-corrected chi connectivity index (χ4v) is 8.50. The fraction of sp³-hybridized carbons (Fsp3) is 0.661. The molecule has 432 valence electrons. The highest BCUT2D eigenvalue weighted by molar-refractivity contribution is 5.76. The van der Waals surface area contributed by atoms with Gasteiger partial charge >= 0.3 is 0 Å². The molecule has 0 aromatic heterocycles. The van der Waals surface area contributed by atoms with Crippen molar-refractivity contribution in [3.8, 4) is 0 Å². The van der Waals surface area contributed by atoms with Gasteiger partial charge in [0.1, 0.15) is 48.8 Å². The molecule has 0 spiro atoms. The van der Waals surface area contributed by atoms with Gasteiger partial charge in [-0.15, -0.1) is 0 Å². The highest BCUT2D eigenvalue weighted by Gasteiger charge is 2.51. The number of aliphatic hydroxyl groups is 8. The largest absolute Gasteiger partial charge is 0.394 e. The number of rotatable bonds is 43. The van der Waals surface area contributed by atoms with Crippen molar-refractivity contribution >= 4 is 5.91 Å². The summed E-state index contributed by atoms with van der Waals surface area (Å²) in [6.45, 7) is 2.59. The Morgan fingerprint density at radius 2 is 0.921 bits per heavy atom. The average molecular weight is 1070 g/mol. The van der Waals surface area contributed by atoms with E-state index < -0.39 is 86.8 Å². The Bertz CT molecular complexity index is 1730. The predicted octanol–water partition coefficient (Wildman–Crippen LogP) is 9.44. The van der Waals surface area contributed by atoms with Crippen LogP contribution in [0.2, 0.25) is 0 Å². The van der Waals surface area contributed by atoms with Crippen molar-refractivity contribution in [2.45, 2.75) is 242 Å². The van der Waals surface area contributed by atoms with Gasteiger partial charge < -0.3 is 65.1 Å². The average Bonchev–Trinajstić information content (AvgIpc) is 3.42. The molecule has 76 heavy (non-hydrogen) atoms. The first-order valence-electron chi connectivity index (χ1n) is 28.8. The van der Waals surface area contributed by atoms with Crippen LogP contribution in [0.25, 0.3) is 0 Å². The Kier molecular flexibility index (Phi) is 41.7. The Morgan fingerprint density at radius 3 is 1.45 bits per heavy atom. The highest BCUT2D eigenvalue weighted by atomic mass is 16.7. The summed E-state index contributed by atoms with van der Waals surface area (Å²) in [6, 6.07) is -0.947. The number of nitrogens with one attached hydrogen (secondary N) is 1. The number of carbonyl (C=O) groups is 1. The first-order valence-corrected chi connectivity index (χ1v) is 28.8. The second kappa shape index (κ2) is 46.3. The molecule has 1 amide bonds. The summed E-state index contributed by atoms with van der Waals surface area (Å²) in [5.41, 5.74) is 0. The Balaban J connectivity index is 1.72. The van der Waals surface area contributed by atoms with Crippen molar-refractivity contribution < 1.29 is 64.6 Å². The summed E-state index contributed by atoms with van der Waals surface area (Å²) >= 11 is 0. The first kappa shape index (κ1) is 68.5. The minimum absolute atomic E-state index is 0.247. The van der Waals surface area contributed by atoms with Crippen molar-refractivity contribution in [3.63, 3.8) is 0 Å². The van der Waals surface area contributed by atoms with Gasteiger partial charge in [0.25, 0.3) is 0 Å². The van der Waals surface area contributed by atoms with E-state index in [0.29, 0.717) is 12.8 Å². The third-order valence-electron chi connectivity index (χ3n) is 13.1. The molecule has 14 nitrogen and oxygen atoms in total. The van der Waals surface area contributed by atoms with Crippen LogP contribution in [0.1, 0.15) is 168 Å². The van der Waals surface area contributed by atoms with Gasteiger partial charge in [0.05, 0.1) is 32.0 Å². The Morgan fingerprint density at radius 1 is 0.487 bits per heavy atom. The van der Waals surface area contributed by atoms with Crippen molar-refractivity contribution in [3.05, 3.63) is 122 Å². The zero-order chi connectivity index (χ0) is 55.3. The van der Waals surface area contributed by atoms with E-state index in [1.807, 2.05) is 6.08 Å². The van der Waals surface area contributed by atoms with Crippen LogP contribution in [0.15, 0.2) is 122 Å². The van der Waals surface area contributed by atoms with Gasteiger partial charge in [0, 0.05) is 6.42 Å². The maximum absolute atomic E-state index is 13.2. The van der Waals surface area contributed by atoms with Crippen molar-refractivity contribution in [1.29, 1.82) is 0 Å². The summed E-state index contributed by atoms with van der Waals surface area (Å²) in [5.74, 6) is -0.272. The molecule has 12 atom stereocenters. The van der Waals surface area contributed by atoms with E-state index in [-0.39, 0.29) is 18.9 Å². The van der Waals surface area contributed by atoms with E-state index in [0.717, 1.165) is 103 Å². The number of aliphatic hydroxyl groups excluding tert-OH is 8. The number of hydrogen-bond donors (Lipinski definition) is 9. The molecule has 2 aliphatic heterocycles. The standard InChI is InChI=1S/C62H101NO13/c1-3-5-7-9-11-13-15-16-17-18-19-20-21-22-23-24-25-26-27-28-29-30-31-32-33-34-36-38-40-42-44-46-54(67)63-50(51(66)45-43-41-39-37-35-14-12-10-8-6-4-2)49-73-61-59(72)57(70)60(53(48-65)75-61)76-62-58(71)56(69)55(68)52(47-64)74-62/h5,7,11,13,16-17,19-20,22-23,25-26,28-29,31-32,35,37,43,45,50-53,55-62,64-66,68-72H,3-4,6,8-10,12,14-15,18,21,24,27,30,33-34,36,38-42,44,46-49H2,1-2H3,(H,63,67)/b7-5-,13-11-,17-16-,20-19-,23-22-,26-25-,29-28-,32-31-,37-35+,45-43+. The second-order valence-corrected chi connectivity index (χ2v) is 19.7. The Labute approximate surface area is 457 Å². The van der Waals surface area contributed by atoms with Crippen molar-refractivity contribution in [2.75, 3.05) is 19.8 Å². The molecule has 0 aromatic rings. The smallest absolute Gasteiger partial charge is 0.220 e. The lowest BCUT2D eigenvalue weighted by Gasteiger charge is -2.46. The lowest BCUT2D eigenvalue weighted by Crippen LogP contribution is -2.65.